The predicted octanol–water partition coefficient (Wildman–Crippen LogP) is 1.30. The van der Waals surface area contributed by atoms with E-state index in [1.54, 1.807) is 0 Å². The molecule has 98 valence electrons. The van der Waals surface area contributed by atoms with Crippen molar-refractivity contribution in [2.45, 2.75) is 0 Å². The summed E-state index contributed by atoms with van der Waals surface area (Å²) >= 11 is 0. The first kappa shape index (κ1) is 12.7. The first-order valence-corrected chi connectivity index (χ1v) is 5.46. The molecule has 1 amide bonds. The molecule has 0 fully saturated rings. The van der Waals surface area contributed by atoms with Gasteiger partial charge in [-0.15, -0.1) is 0 Å². The molecule has 0 unspecified atom stereocenters. The average Bonchev–Trinajstić information content (AvgIpc) is 2.38. The zero-order chi connectivity index (χ0) is 13.8. The Bertz CT molecular complexity index is 702. The van der Waals surface area contributed by atoms with Gasteiger partial charge in [-0.1, -0.05) is 0 Å². The van der Waals surface area contributed by atoms with Gasteiger partial charge in [0.05, 0.1) is 6.26 Å². The first-order valence-electron chi connectivity index (χ1n) is 5.46. The minimum atomic E-state index is -0.788. The van der Waals surface area contributed by atoms with E-state index >= 15 is 0 Å². The van der Waals surface area contributed by atoms with Crippen LogP contribution in [-0.2, 0) is 0 Å². The van der Waals surface area contributed by atoms with E-state index < -0.39 is 11.5 Å². The Morgan fingerprint density at radius 1 is 1.37 bits per heavy atom. The second kappa shape index (κ2) is 5.26. The standard InChI is InChI=1S/C13H11NO5/c15-5-1-4-14-12(17)10-6-8-2-3-9(16)7-11(8)19-13(10)18/h1-3,5-7,15-16H,4H2,(H,14,17). The third kappa shape index (κ3) is 2.74. The molecule has 3 N–H and O–H groups in total. The number of amides is 1. The van der Waals surface area contributed by atoms with E-state index in [-0.39, 0.29) is 23.4 Å². The molecule has 6 nitrogen and oxygen atoms in total. The molecule has 0 saturated heterocycles. The van der Waals surface area contributed by atoms with Crippen molar-refractivity contribution in [2.75, 3.05) is 6.54 Å². The smallest absolute Gasteiger partial charge is 0.349 e. The lowest BCUT2D eigenvalue weighted by Crippen LogP contribution is -2.28. The lowest BCUT2D eigenvalue weighted by molar-refractivity contribution is 0.0954. The van der Waals surface area contributed by atoms with Gasteiger partial charge in [-0.05, 0) is 24.3 Å². The summed E-state index contributed by atoms with van der Waals surface area (Å²) in [4.78, 5) is 23.4. The molecule has 19 heavy (non-hydrogen) atoms. The van der Waals surface area contributed by atoms with Gasteiger partial charge in [0, 0.05) is 18.0 Å². The van der Waals surface area contributed by atoms with Crippen molar-refractivity contribution >= 4 is 16.9 Å². The molecule has 1 aromatic heterocycles. The van der Waals surface area contributed by atoms with Gasteiger partial charge in [0.1, 0.15) is 16.9 Å². The summed E-state index contributed by atoms with van der Waals surface area (Å²) in [5.74, 6) is -0.622. The van der Waals surface area contributed by atoms with Crippen molar-refractivity contribution < 1.29 is 19.4 Å². The van der Waals surface area contributed by atoms with E-state index in [1.165, 1.54) is 30.3 Å². The third-order valence-electron chi connectivity index (χ3n) is 2.45. The number of aliphatic hydroxyl groups excluding tert-OH is 1. The minimum Gasteiger partial charge on any atom is -0.516 e. The number of rotatable bonds is 3. The number of phenols is 1. The molecule has 0 aliphatic carbocycles. The summed E-state index contributed by atoms with van der Waals surface area (Å²) in [5.41, 5.74) is -0.718. The monoisotopic (exact) mass is 261 g/mol. The second-order valence-electron chi connectivity index (χ2n) is 3.76. The summed E-state index contributed by atoms with van der Waals surface area (Å²) in [6, 6.07) is 5.65. The highest BCUT2D eigenvalue weighted by Crippen LogP contribution is 2.19. The molecule has 2 rings (SSSR count). The van der Waals surface area contributed by atoms with E-state index in [4.69, 9.17) is 9.52 Å². The number of benzene rings is 1. The zero-order valence-electron chi connectivity index (χ0n) is 9.79. The van der Waals surface area contributed by atoms with E-state index in [0.717, 1.165) is 6.26 Å². The van der Waals surface area contributed by atoms with Crippen molar-refractivity contribution in [1.29, 1.82) is 0 Å². The van der Waals surface area contributed by atoms with E-state index in [0.29, 0.717) is 5.39 Å². The molecular formula is C13H11NO5. The summed E-state index contributed by atoms with van der Waals surface area (Å²) in [7, 11) is 0. The van der Waals surface area contributed by atoms with Gasteiger partial charge < -0.3 is 19.9 Å². The van der Waals surface area contributed by atoms with Crippen LogP contribution in [-0.4, -0.2) is 22.7 Å². The van der Waals surface area contributed by atoms with Gasteiger partial charge in [-0.25, -0.2) is 4.79 Å². The van der Waals surface area contributed by atoms with Gasteiger partial charge in [-0.2, -0.15) is 0 Å². The highest BCUT2D eigenvalue weighted by atomic mass is 16.4. The quantitative estimate of drug-likeness (QED) is 0.571. The molecule has 2 aromatic rings. The van der Waals surface area contributed by atoms with Crippen LogP contribution < -0.4 is 10.9 Å². The third-order valence-corrected chi connectivity index (χ3v) is 2.45. The fourth-order valence-corrected chi connectivity index (χ4v) is 1.56. The molecule has 1 aromatic carbocycles. The van der Waals surface area contributed by atoms with Crippen LogP contribution in [0, 0.1) is 0 Å². The number of aliphatic hydroxyl groups is 1. The van der Waals surface area contributed by atoms with Crippen molar-refractivity contribution in [3.8, 4) is 5.75 Å². The Morgan fingerprint density at radius 2 is 2.16 bits per heavy atom. The highest BCUT2D eigenvalue weighted by Gasteiger charge is 2.13. The molecule has 0 saturated carbocycles. The number of fused-ring (bicyclic) bond motifs is 1. The zero-order valence-corrected chi connectivity index (χ0v) is 9.79. The molecule has 0 aliphatic rings. The normalized spacial score (nSPS) is 10.9. The van der Waals surface area contributed by atoms with Crippen molar-refractivity contribution in [3.05, 3.63) is 52.6 Å². The lowest BCUT2D eigenvalue weighted by atomic mass is 10.1. The van der Waals surface area contributed by atoms with Crippen LogP contribution in [0.5, 0.6) is 5.75 Å². The number of carbonyl (C=O) groups excluding carboxylic acids is 1. The molecule has 0 bridgehead atoms. The Labute approximate surface area is 107 Å². The van der Waals surface area contributed by atoms with E-state index in [2.05, 4.69) is 5.32 Å². The van der Waals surface area contributed by atoms with Gasteiger partial charge in [0.15, 0.2) is 0 Å². The summed E-state index contributed by atoms with van der Waals surface area (Å²) in [6.45, 7) is 0.0996. The fraction of sp³-hybridized carbons (Fsp3) is 0.0769. The van der Waals surface area contributed by atoms with Crippen molar-refractivity contribution in [2.24, 2.45) is 0 Å². The summed E-state index contributed by atoms with van der Waals surface area (Å²) in [6.07, 6.45) is 2.12. The maximum Gasteiger partial charge on any atom is 0.349 e. The number of aromatic hydroxyl groups is 1. The fourth-order valence-electron chi connectivity index (χ4n) is 1.56. The number of phenolic OH excluding ortho intramolecular Hbond substituents is 1. The Hall–Kier alpha value is -2.76. The first-order chi connectivity index (χ1) is 9.11. The maximum absolute atomic E-state index is 11.7. The van der Waals surface area contributed by atoms with Gasteiger partial charge in [0.25, 0.3) is 5.91 Å². The van der Waals surface area contributed by atoms with Gasteiger partial charge in [-0.3, -0.25) is 4.79 Å². The van der Waals surface area contributed by atoms with Gasteiger partial charge in [0.2, 0.25) is 0 Å². The molecule has 0 spiro atoms. The number of hydrogen-bond acceptors (Lipinski definition) is 5. The van der Waals surface area contributed by atoms with Gasteiger partial charge >= 0.3 is 5.63 Å². The molecule has 6 heteroatoms. The Kier molecular flexibility index (Phi) is 3.51. The Balaban J connectivity index is 2.38. The van der Waals surface area contributed by atoms with Crippen LogP contribution in [0.4, 0.5) is 0 Å². The topological polar surface area (TPSA) is 99.8 Å². The van der Waals surface area contributed by atoms with E-state index in [9.17, 15) is 14.7 Å². The minimum absolute atomic E-state index is 0.0269. The maximum atomic E-state index is 11.7. The Morgan fingerprint density at radius 3 is 2.89 bits per heavy atom. The predicted molar refractivity (Wildman–Crippen MR) is 68.3 cm³/mol. The number of nitrogens with one attached hydrogen (secondary N) is 1. The molecule has 0 atom stereocenters. The summed E-state index contributed by atoms with van der Waals surface area (Å²) < 4.78 is 4.96. The summed E-state index contributed by atoms with van der Waals surface area (Å²) in [5, 5.41) is 20.7. The molecule has 1 heterocycles. The van der Waals surface area contributed by atoms with Crippen LogP contribution in [0.3, 0.4) is 0 Å². The van der Waals surface area contributed by atoms with Crippen LogP contribution in [0.2, 0.25) is 0 Å². The number of hydrogen-bond donors (Lipinski definition) is 3. The van der Waals surface area contributed by atoms with Crippen LogP contribution in [0.1, 0.15) is 10.4 Å². The average molecular weight is 261 g/mol. The van der Waals surface area contributed by atoms with Crippen LogP contribution in [0.15, 0.2) is 45.8 Å². The van der Waals surface area contributed by atoms with Crippen molar-refractivity contribution in [1.82, 2.24) is 5.32 Å². The van der Waals surface area contributed by atoms with E-state index in [1.807, 2.05) is 0 Å². The van der Waals surface area contributed by atoms with Crippen molar-refractivity contribution in [3.63, 3.8) is 0 Å². The second-order valence-corrected chi connectivity index (χ2v) is 3.76. The molecule has 0 radical (unpaired) electrons. The molecule has 0 aliphatic heterocycles. The highest BCUT2D eigenvalue weighted by molar-refractivity contribution is 5.96. The van der Waals surface area contributed by atoms with Crippen LogP contribution in [0.25, 0.3) is 11.0 Å². The largest absolute Gasteiger partial charge is 0.516 e. The van der Waals surface area contributed by atoms with Crippen LogP contribution >= 0.6 is 0 Å². The molecular weight excluding hydrogens is 250 g/mol. The SMILES string of the molecule is O=C(NCC=CO)c1cc2ccc(O)cc2oc1=O. The lowest BCUT2D eigenvalue weighted by Gasteiger charge is -2.03. The number of carbonyl (C=O) groups is 1.